The van der Waals surface area contributed by atoms with Crippen molar-refractivity contribution in [3.63, 3.8) is 0 Å². The van der Waals surface area contributed by atoms with Gasteiger partial charge in [-0.05, 0) is 0 Å². The summed E-state index contributed by atoms with van der Waals surface area (Å²) in [6, 6.07) is 0. The molecular weight excluding hydrogens is 197 g/mol. The maximum atomic E-state index is 12.1. The summed E-state index contributed by atoms with van der Waals surface area (Å²) >= 11 is 0. The molecule has 0 saturated carbocycles. The van der Waals surface area contributed by atoms with Crippen molar-refractivity contribution in [3.8, 4) is 0 Å². The summed E-state index contributed by atoms with van der Waals surface area (Å²) in [5, 5.41) is 0. The lowest BCUT2D eigenvalue weighted by atomic mass is 10.2. The highest BCUT2D eigenvalue weighted by Crippen LogP contribution is 2.61. The number of ether oxygens (including phenoxy) is 1. The Morgan fingerprint density at radius 3 is 1.50 bits per heavy atom. The van der Waals surface area contributed by atoms with Gasteiger partial charge < -0.3 is 0 Å². The molecule has 0 spiro atoms. The van der Waals surface area contributed by atoms with Gasteiger partial charge in [-0.2, -0.15) is 22.0 Å². The van der Waals surface area contributed by atoms with Crippen molar-refractivity contribution >= 4 is 0 Å². The monoisotopic (exact) mass is 198 g/mol. The maximum Gasteiger partial charge on any atom is 0.424 e. The molecule has 1 saturated heterocycles. The van der Waals surface area contributed by atoms with Crippen LogP contribution in [0, 0.1) is 0 Å². The molecular formula is C4HF7O. The highest BCUT2D eigenvalue weighted by atomic mass is 19.3. The Kier molecular flexibility index (Phi) is 1.62. The van der Waals surface area contributed by atoms with Crippen molar-refractivity contribution in [1.29, 1.82) is 0 Å². The van der Waals surface area contributed by atoms with E-state index >= 15 is 0 Å². The summed E-state index contributed by atoms with van der Waals surface area (Å²) in [5.74, 6) is -10.3. The Hall–Kier alpha value is -0.530. The first kappa shape index (κ1) is 9.56. The van der Waals surface area contributed by atoms with Crippen LogP contribution < -0.4 is 0 Å². The Bertz CT molecular complexity index is 199. The molecule has 0 bridgehead atoms. The van der Waals surface area contributed by atoms with Gasteiger partial charge in [0, 0.05) is 0 Å². The smallest absolute Gasteiger partial charge is 0.265 e. The van der Waals surface area contributed by atoms with Gasteiger partial charge in [0.15, 0.2) is 0 Å². The number of rotatable bonds is 2. The molecule has 0 radical (unpaired) electrons. The Morgan fingerprint density at radius 2 is 1.42 bits per heavy atom. The van der Waals surface area contributed by atoms with Gasteiger partial charge in [-0.1, -0.05) is 0 Å². The Labute approximate surface area is 61.1 Å². The van der Waals surface area contributed by atoms with Gasteiger partial charge in [-0.25, -0.2) is 8.78 Å². The molecule has 0 N–H and O–H groups in total. The molecule has 0 aromatic heterocycles. The van der Waals surface area contributed by atoms with Crippen LogP contribution in [0.1, 0.15) is 0 Å². The highest BCUT2D eigenvalue weighted by molar-refractivity contribution is 5.05. The summed E-state index contributed by atoms with van der Waals surface area (Å²) in [7, 11) is 0. The topological polar surface area (TPSA) is 12.5 Å². The first-order valence-corrected chi connectivity index (χ1v) is 2.58. The lowest BCUT2D eigenvalue weighted by Gasteiger charge is -2.14. The van der Waals surface area contributed by atoms with E-state index in [1.165, 1.54) is 0 Å². The molecule has 1 aliphatic heterocycles. The third-order valence-corrected chi connectivity index (χ3v) is 1.30. The quantitative estimate of drug-likeness (QED) is 0.489. The minimum absolute atomic E-state index is 2.59. The summed E-state index contributed by atoms with van der Waals surface area (Å²) in [6.45, 7) is 0. The molecule has 0 amide bonds. The van der Waals surface area contributed by atoms with Crippen LogP contribution in [-0.4, -0.2) is 24.3 Å². The van der Waals surface area contributed by atoms with E-state index in [-0.39, 0.29) is 0 Å². The molecule has 12 heavy (non-hydrogen) atoms. The summed E-state index contributed by atoms with van der Waals surface area (Å²) < 4.78 is 84.3. The first-order chi connectivity index (χ1) is 5.15. The van der Waals surface area contributed by atoms with Crippen LogP contribution in [0.25, 0.3) is 0 Å². The Morgan fingerprint density at radius 1 is 1.08 bits per heavy atom. The molecule has 1 heterocycles. The predicted molar refractivity (Wildman–Crippen MR) is 20.8 cm³/mol. The van der Waals surface area contributed by atoms with Gasteiger partial charge in [0.05, 0.1) is 0 Å². The molecule has 0 aliphatic carbocycles. The molecule has 1 aliphatic rings. The number of alkyl halides is 7. The maximum absolute atomic E-state index is 12.1. The number of hydrogen-bond acceptors (Lipinski definition) is 1. The van der Waals surface area contributed by atoms with E-state index in [2.05, 4.69) is 4.74 Å². The zero-order chi connectivity index (χ0) is 9.78. The Balaban J connectivity index is 2.85. The van der Waals surface area contributed by atoms with Gasteiger partial charge in [-0.3, -0.25) is 4.74 Å². The van der Waals surface area contributed by atoms with Crippen LogP contribution in [0.5, 0.6) is 0 Å². The number of hydrogen-bond donors (Lipinski definition) is 0. The minimum Gasteiger partial charge on any atom is -0.265 e. The van der Waals surface area contributed by atoms with E-state index in [0.29, 0.717) is 0 Å². The van der Waals surface area contributed by atoms with Crippen molar-refractivity contribution in [1.82, 2.24) is 0 Å². The van der Waals surface area contributed by atoms with Crippen LogP contribution in [0.2, 0.25) is 0 Å². The van der Waals surface area contributed by atoms with E-state index in [1.54, 1.807) is 0 Å². The van der Waals surface area contributed by atoms with Crippen LogP contribution in [0.4, 0.5) is 30.7 Å². The first-order valence-electron chi connectivity index (χ1n) is 2.58. The fraction of sp³-hybridized carbons (Fsp3) is 1.00. The third kappa shape index (κ3) is 0.900. The summed E-state index contributed by atoms with van der Waals surface area (Å²) in [5.41, 5.74) is 0. The van der Waals surface area contributed by atoms with Crippen molar-refractivity contribution in [2.45, 2.75) is 24.3 Å². The second kappa shape index (κ2) is 2.04. The molecule has 1 rings (SSSR count). The van der Waals surface area contributed by atoms with Crippen molar-refractivity contribution < 1.29 is 35.5 Å². The lowest BCUT2D eigenvalue weighted by Crippen LogP contribution is -2.43. The van der Waals surface area contributed by atoms with Crippen molar-refractivity contribution in [2.24, 2.45) is 0 Å². The van der Waals surface area contributed by atoms with Crippen LogP contribution in [0.3, 0.4) is 0 Å². The van der Waals surface area contributed by atoms with Gasteiger partial charge in [-0.15, -0.1) is 0 Å². The highest BCUT2D eigenvalue weighted by Gasteiger charge is 2.90. The average Bonchev–Trinajstić information content (AvgIpc) is 2.33. The molecule has 1 fully saturated rings. The lowest BCUT2D eigenvalue weighted by molar-refractivity contribution is -0.216. The second-order valence-corrected chi connectivity index (χ2v) is 2.14. The SMILES string of the molecule is FC(F)C(F)(F)[C@]1(F)OC1(F)F. The average molecular weight is 198 g/mol. The fourth-order valence-electron chi connectivity index (χ4n) is 0.554. The van der Waals surface area contributed by atoms with Crippen molar-refractivity contribution in [2.75, 3.05) is 0 Å². The van der Waals surface area contributed by atoms with Gasteiger partial charge in [0.1, 0.15) is 0 Å². The second-order valence-electron chi connectivity index (χ2n) is 2.14. The van der Waals surface area contributed by atoms with Crippen molar-refractivity contribution in [3.05, 3.63) is 0 Å². The van der Waals surface area contributed by atoms with Gasteiger partial charge >= 0.3 is 24.3 Å². The zero-order valence-corrected chi connectivity index (χ0v) is 5.13. The molecule has 1 nitrogen and oxygen atoms in total. The zero-order valence-electron chi connectivity index (χ0n) is 5.13. The standard InChI is InChI=1S/C4HF7O/c5-1(6)2(7,8)3(9)4(10,11)12-3/h1H/t3-/m0/s1. The fourth-order valence-corrected chi connectivity index (χ4v) is 0.554. The molecule has 1 atom stereocenters. The normalized spacial score (nSPS) is 34.0. The molecule has 0 aromatic carbocycles. The van der Waals surface area contributed by atoms with Crippen LogP contribution in [-0.2, 0) is 4.74 Å². The van der Waals surface area contributed by atoms with Crippen LogP contribution >= 0.6 is 0 Å². The molecule has 8 heteroatoms. The summed E-state index contributed by atoms with van der Waals surface area (Å²) in [4.78, 5) is 0. The van der Waals surface area contributed by atoms with E-state index < -0.39 is 24.3 Å². The van der Waals surface area contributed by atoms with E-state index in [4.69, 9.17) is 0 Å². The number of epoxide rings is 1. The van der Waals surface area contributed by atoms with Crippen LogP contribution in [0.15, 0.2) is 0 Å². The van der Waals surface area contributed by atoms with Gasteiger partial charge in [0.25, 0.3) is 0 Å². The molecule has 72 valence electrons. The van der Waals surface area contributed by atoms with Gasteiger partial charge in [0.2, 0.25) is 0 Å². The molecule has 0 aromatic rings. The van der Waals surface area contributed by atoms with E-state index in [9.17, 15) is 30.7 Å². The third-order valence-electron chi connectivity index (χ3n) is 1.30. The van der Waals surface area contributed by atoms with E-state index in [1.807, 2.05) is 0 Å². The van der Waals surface area contributed by atoms with E-state index in [0.717, 1.165) is 0 Å². The summed E-state index contributed by atoms with van der Waals surface area (Å²) in [6.07, 6.45) is -9.36. The molecule has 0 unspecified atom stereocenters. The largest absolute Gasteiger partial charge is 0.424 e. The predicted octanol–water partition coefficient (Wildman–Crippen LogP) is 2.18. The number of halogens is 7. The minimum atomic E-state index is -5.49.